The number of rotatable bonds is 1. The second-order valence-electron chi connectivity index (χ2n) is 69.0. The first-order valence-electron chi connectivity index (χ1n) is 60.7. The summed E-state index contributed by atoms with van der Waals surface area (Å²) in [5.41, 5.74) is 5.01. The van der Waals surface area contributed by atoms with E-state index in [0.717, 1.165) is 80.8 Å². The monoisotopic (exact) mass is 2060 g/mol. The Bertz CT molecular complexity index is 3250. The quantitative estimate of drug-likeness (QED) is 0.271. The van der Waals surface area contributed by atoms with E-state index in [1.165, 1.54) is 169 Å². The lowest BCUT2D eigenvalue weighted by Crippen LogP contribution is -2.65. The first-order chi connectivity index (χ1) is 64.5. The molecule has 0 aromatic rings. The molecule has 0 amide bonds. The van der Waals surface area contributed by atoms with Crippen molar-refractivity contribution in [2.45, 2.75) is 653 Å². The van der Waals surface area contributed by atoms with Gasteiger partial charge in [0.2, 0.25) is 0 Å². The number of halogens is 1. The normalized spacial score (nSPS) is 27.2. The van der Waals surface area contributed by atoms with Crippen LogP contribution in [0, 0.1) is 67.0 Å². The zero-order chi connectivity index (χ0) is 115. The summed E-state index contributed by atoms with van der Waals surface area (Å²) in [6, 6.07) is 4.96. The first-order valence-corrected chi connectivity index (χ1v) is 60.7. The number of hydrogen-bond acceptors (Lipinski definition) is 14. The van der Waals surface area contributed by atoms with Crippen LogP contribution in [0.25, 0.3) is 0 Å². The average Bonchev–Trinajstić information content (AvgIpc) is 1.63. The summed E-state index contributed by atoms with van der Waals surface area (Å²) in [6.45, 7) is 171. The van der Waals surface area contributed by atoms with E-state index in [1.54, 1.807) is 0 Å². The van der Waals surface area contributed by atoms with Gasteiger partial charge in [-0.05, 0) is 480 Å². The lowest BCUT2D eigenvalue weighted by atomic mass is 9.62. The van der Waals surface area contributed by atoms with Crippen molar-refractivity contribution in [3.05, 3.63) is 0 Å². The van der Waals surface area contributed by atoms with Gasteiger partial charge in [0.25, 0.3) is 0 Å². The van der Waals surface area contributed by atoms with E-state index in [-0.39, 0.29) is 38.5 Å². The summed E-state index contributed by atoms with van der Waals surface area (Å²) in [7, 11) is 0. The van der Waals surface area contributed by atoms with E-state index in [2.05, 4.69) is 486 Å². The second-order valence-corrected chi connectivity index (χ2v) is 69.0. The third kappa shape index (κ3) is 45.3. The molecule has 11 rings (SSSR count). The largest absolute Gasteiger partial charge is 0.389 e. The number of piperazine rings is 4. The predicted octanol–water partition coefficient (Wildman–Crippen LogP) is 31.9. The maximum Gasteiger partial charge on any atom is 0.118 e. The number of hydrogen-bond donors (Lipinski definition) is 1. The van der Waals surface area contributed by atoms with Crippen molar-refractivity contribution in [1.29, 1.82) is 0 Å². The summed E-state index contributed by atoms with van der Waals surface area (Å²) >= 11 is 0. The average molecular weight is 2060 g/mol. The highest BCUT2D eigenvalue weighted by atomic mass is 19.1. The van der Waals surface area contributed by atoms with Gasteiger partial charge in [-0.15, -0.1) is 0 Å². The molecule has 15 heteroatoms. The molecule has 7 unspecified atom stereocenters. The summed E-state index contributed by atoms with van der Waals surface area (Å²) in [4.78, 5) is 33.8. The van der Waals surface area contributed by atoms with Gasteiger partial charge >= 0.3 is 0 Å². The molecule has 2 bridgehead atoms. The van der Waals surface area contributed by atoms with Crippen molar-refractivity contribution < 1.29 is 9.50 Å². The van der Waals surface area contributed by atoms with Gasteiger partial charge in [0.15, 0.2) is 0 Å². The fourth-order valence-electron chi connectivity index (χ4n) is 25.7. The van der Waals surface area contributed by atoms with Crippen LogP contribution in [-0.2, 0) is 0 Å². The predicted molar refractivity (Wildman–Crippen MR) is 651 cm³/mol. The molecule has 10 saturated heterocycles. The van der Waals surface area contributed by atoms with Gasteiger partial charge in [-0.2, -0.15) is 0 Å². The fourth-order valence-corrected chi connectivity index (χ4v) is 25.7. The van der Waals surface area contributed by atoms with E-state index < -0.39 is 11.3 Å². The molecule has 14 nitrogen and oxygen atoms in total. The minimum absolute atomic E-state index is 0.00300. The molecule has 146 heavy (non-hydrogen) atoms. The highest BCUT2D eigenvalue weighted by Gasteiger charge is 2.52. The summed E-state index contributed by atoms with van der Waals surface area (Å²) in [5.74, 6) is 3.72. The van der Waals surface area contributed by atoms with Crippen LogP contribution in [-0.4, -0.2) is 320 Å². The van der Waals surface area contributed by atoms with Crippen molar-refractivity contribution in [1.82, 2.24) is 63.7 Å². The molecule has 0 spiro atoms. The smallest absolute Gasteiger partial charge is 0.118 e. The highest BCUT2D eigenvalue weighted by Crippen LogP contribution is 2.50. The van der Waals surface area contributed by atoms with E-state index in [1.807, 2.05) is 20.8 Å². The Morgan fingerprint density at radius 1 is 0.233 bits per heavy atom. The van der Waals surface area contributed by atoms with Crippen LogP contribution < -0.4 is 0 Å². The van der Waals surface area contributed by atoms with Gasteiger partial charge in [-0.25, -0.2) is 4.39 Å². The van der Waals surface area contributed by atoms with Crippen LogP contribution >= 0.6 is 0 Å². The number of likely N-dealkylation sites (tertiary alicyclic amines) is 7. The first kappa shape index (κ1) is 141. The molecule has 11 aliphatic rings. The number of alkyl halides is 1. The van der Waals surface area contributed by atoms with Crippen molar-refractivity contribution in [3.8, 4) is 0 Å². The molecule has 1 saturated carbocycles. The van der Waals surface area contributed by atoms with Crippen LogP contribution in [0.4, 0.5) is 4.39 Å². The fraction of sp³-hybridized carbons (Fsp3) is 1.00. The van der Waals surface area contributed by atoms with Crippen molar-refractivity contribution in [2.24, 2.45) is 67.0 Å². The SMILES string of the molecule is CC(C)(C)C1CCC(C(C)(C)C)CC1.CC(C)(C)C1CCN(C(C)(C)C)C1.CC(C)(C)C1CCN(C(C)(C)C)CC1.CC(C)(C)N1CCC(C)(C(C)(C)C)CC1.CC(C)(C)N1CCC(F)(C(C)(C)C)CC1.CC(C)(C)N1CCC(O)(C(C)(C)C)CC1.CC(C)(C)N1CCN(C(C)(C)C)CC1.CC(C)N1CC2CC1CN2C(C)(C)C.CC1CN(C(C)(C)C)C(C)CN1C(C)(C)C.CC1CN(C(C)(C)C)CC(C)N1C(C)(C)C. The number of nitrogens with zero attached hydrogens (tertiary/aromatic N) is 13. The Morgan fingerprint density at radius 2 is 0.493 bits per heavy atom. The minimum Gasteiger partial charge on any atom is -0.389 e. The third-order valence-electron chi connectivity index (χ3n) is 38.0. The van der Waals surface area contributed by atoms with Crippen LogP contribution in [0.5, 0.6) is 0 Å². The van der Waals surface area contributed by atoms with Gasteiger partial charge in [0.1, 0.15) is 5.67 Å². The standard InChI is InChI=1S/2C14H30N2.C14H29N.C14H28.C13H26FN.C13H27NO.C13H27N.C12H24N2.C12H26N2.C12H25N/c1-11-9-16(14(6,7)8)12(2)10-15(11)13(3,4)5;1-11-9-15(13(3,4)5)10-12(2)16(11)14(6,7)8;1-12(2,3)14(7)8-10-15(11-9-14)13(4,5)6;1-13(2,3)11-7-9-12(10-8-11)14(4,5)6;1-11(2,3)13(14)7-9-15(10-8-13)12(4,5)6;1-11(2,3)13(15)7-9-14(10-8-13)12(4,5)6;1-12(2,3)11-7-9-14(10-8-11)13(4,5)6;1-9(2)13-7-11-6-10(13)8-14(11)12(3,4)5;1-11(2,3)13-7-9-14(10-8-13)12(4,5)6;1-11(2,3)10-7-8-13(9-10)12(4,5)6/h2*11-12H,9-10H2,1-8H3;8-11H2,1-7H3;11-12H,7-10H2,1-6H3;7-10H2,1-6H3;15H,7-10H2,1-6H3;11H,7-10H2,1-6H3;9-11H,6-8H2,1-5H3;7-10H2,1-6H3;10H,7-9H2,1-6H3. The Morgan fingerprint density at radius 3 is 0.719 bits per heavy atom. The van der Waals surface area contributed by atoms with Crippen molar-refractivity contribution >= 4 is 0 Å². The number of aliphatic hydroxyl groups is 1. The molecule has 0 radical (unpaired) electrons. The van der Waals surface area contributed by atoms with Crippen molar-refractivity contribution in [3.63, 3.8) is 0 Å². The molecule has 1 aliphatic carbocycles. The Balaban J connectivity index is 0.000000548. The second kappa shape index (κ2) is 52.7. The van der Waals surface area contributed by atoms with E-state index in [4.69, 9.17) is 0 Å². The Hall–Kier alpha value is -0.630. The maximum absolute atomic E-state index is 14.6. The number of piperidine rings is 4. The molecule has 0 aromatic heterocycles. The summed E-state index contributed by atoms with van der Waals surface area (Å²) in [5, 5.41) is 10.6. The topological polar surface area (TPSA) is 62.4 Å². The molecule has 10 heterocycles. The third-order valence-corrected chi connectivity index (χ3v) is 38.0. The minimum atomic E-state index is -0.977. The molecule has 10 aliphatic heterocycles. The molecular formula is C131H272FN13O. The lowest BCUT2D eigenvalue weighted by Gasteiger charge is -2.53. The summed E-state index contributed by atoms with van der Waals surface area (Å²) in [6.07, 6.45) is 17.1. The van der Waals surface area contributed by atoms with Crippen LogP contribution in [0.2, 0.25) is 0 Å². The van der Waals surface area contributed by atoms with E-state index in [0.29, 0.717) is 108 Å². The Labute approximate surface area is 918 Å². The summed E-state index contributed by atoms with van der Waals surface area (Å²) < 4.78 is 14.6. The van der Waals surface area contributed by atoms with E-state index in [9.17, 15) is 9.50 Å². The van der Waals surface area contributed by atoms with Crippen LogP contribution in [0.3, 0.4) is 0 Å². The zero-order valence-electron chi connectivity index (χ0n) is 112. The van der Waals surface area contributed by atoms with Crippen molar-refractivity contribution in [2.75, 3.05) is 131 Å². The van der Waals surface area contributed by atoms with Gasteiger partial charge in [0, 0.05) is 207 Å². The van der Waals surface area contributed by atoms with Crippen LogP contribution in [0.1, 0.15) is 533 Å². The zero-order valence-corrected chi connectivity index (χ0v) is 112. The molecule has 7 atom stereocenters. The van der Waals surface area contributed by atoms with Crippen LogP contribution in [0.15, 0.2) is 0 Å². The van der Waals surface area contributed by atoms with Gasteiger partial charge in [-0.1, -0.05) is 152 Å². The molecule has 874 valence electrons. The van der Waals surface area contributed by atoms with Gasteiger partial charge in [0.05, 0.1) is 5.60 Å². The molecular weight excluding hydrogens is 1790 g/mol. The van der Waals surface area contributed by atoms with E-state index >= 15 is 0 Å². The Kier molecular flexibility index (Phi) is 51.0. The molecule has 1 N–H and O–H groups in total. The molecule has 11 fully saturated rings. The highest BCUT2D eigenvalue weighted by molar-refractivity contribution is 5.07. The van der Waals surface area contributed by atoms with Gasteiger partial charge < -0.3 is 5.11 Å². The number of fused-ring (bicyclic) bond motifs is 2. The maximum atomic E-state index is 14.6. The molecule has 0 aromatic carbocycles. The van der Waals surface area contributed by atoms with Gasteiger partial charge in [-0.3, -0.25) is 63.7 Å². The lowest BCUT2D eigenvalue weighted by molar-refractivity contribution is -0.109.